The van der Waals surface area contributed by atoms with Gasteiger partial charge < -0.3 is 40.4 Å². The van der Waals surface area contributed by atoms with Crippen molar-refractivity contribution in [3.8, 4) is 11.5 Å². The van der Waals surface area contributed by atoms with Gasteiger partial charge in [-0.05, 0) is 68.7 Å². The van der Waals surface area contributed by atoms with Crippen molar-refractivity contribution in [3.63, 3.8) is 0 Å². The summed E-state index contributed by atoms with van der Waals surface area (Å²) in [6, 6.07) is 13.1. The van der Waals surface area contributed by atoms with E-state index in [1.165, 1.54) is 0 Å². The van der Waals surface area contributed by atoms with E-state index in [2.05, 4.69) is 10.6 Å². The number of aromatic nitrogens is 2. The number of esters is 1. The van der Waals surface area contributed by atoms with Gasteiger partial charge in [-0.3, -0.25) is 28.8 Å². The summed E-state index contributed by atoms with van der Waals surface area (Å²) in [6.45, 7) is 1.46. The highest BCUT2D eigenvalue weighted by Gasteiger charge is 2.28. The minimum absolute atomic E-state index is 0.178. The lowest BCUT2D eigenvalue weighted by atomic mass is 10.1. The van der Waals surface area contributed by atoms with Gasteiger partial charge in [-0.25, -0.2) is 0 Å². The molecule has 0 unspecified atom stereocenters. The molecule has 5 N–H and O–H groups in total. The van der Waals surface area contributed by atoms with Gasteiger partial charge in [0.15, 0.2) is 11.1 Å². The zero-order valence-corrected chi connectivity index (χ0v) is 27.0. The first-order valence-electron chi connectivity index (χ1n) is 16.0. The molecule has 2 aliphatic rings. The molecule has 2 aromatic carbocycles. The second-order valence-corrected chi connectivity index (χ2v) is 11.7. The van der Waals surface area contributed by atoms with Gasteiger partial charge in [0.25, 0.3) is 22.9 Å². The molecule has 2 aromatic heterocycles. The summed E-state index contributed by atoms with van der Waals surface area (Å²) >= 11 is 0. The second kappa shape index (κ2) is 15.4. The van der Waals surface area contributed by atoms with Gasteiger partial charge in [0.1, 0.15) is 37.8 Å². The van der Waals surface area contributed by atoms with E-state index in [0.29, 0.717) is 41.5 Å². The Balaban J connectivity index is 0.000000195. The van der Waals surface area contributed by atoms with Crippen LogP contribution in [-0.2, 0) is 14.3 Å². The summed E-state index contributed by atoms with van der Waals surface area (Å²) in [6.07, 6.45) is 4.13. The van der Waals surface area contributed by atoms with Gasteiger partial charge in [0.2, 0.25) is 0 Å². The zero-order valence-electron chi connectivity index (χ0n) is 27.0. The Morgan fingerprint density at radius 1 is 0.720 bits per heavy atom. The third-order valence-electron chi connectivity index (χ3n) is 7.85. The minimum Gasteiger partial charge on any atom is -0.506 e. The number of pyridine rings is 2. The number of nitrogens with one attached hydrogen (secondary N) is 2. The average molecular weight is 693 g/mol. The molecule has 2 heterocycles. The third kappa shape index (κ3) is 8.14. The molecule has 50 heavy (non-hydrogen) atoms. The molecule has 0 atom stereocenters. The predicted molar refractivity (Wildman–Crippen MR) is 177 cm³/mol. The summed E-state index contributed by atoms with van der Waals surface area (Å²) in [7, 11) is 0. The summed E-state index contributed by atoms with van der Waals surface area (Å²) in [4.78, 5) is 83.0. The SMILES string of the molecule is CCOC(=O)CNC(=O)c1c(O)c2ccccc2n(OCC2CC2)c1=O.O=C(O)CNC(=O)c1c(O)c2ccccc2n(OCC2CC2)c1=O. The average Bonchev–Trinajstić information content (AvgIpc) is 4.04. The molecule has 0 saturated heterocycles. The quantitative estimate of drug-likeness (QED) is 0.125. The fourth-order valence-corrected chi connectivity index (χ4v) is 4.89. The smallest absolute Gasteiger partial charge is 0.325 e. The minimum atomic E-state index is -1.26. The van der Waals surface area contributed by atoms with Crippen LogP contribution in [0.5, 0.6) is 11.5 Å². The molecule has 0 bridgehead atoms. The Labute approximate surface area is 283 Å². The van der Waals surface area contributed by atoms with Crippen LogP contribution in [0.1, 0.15) is 53.3 Å². The number of aromatic hydroxyl groups is 2. The lowest BCUT2D eigenvalue weighted by Gasteiger charge is -2.15. The summed E-state index contributed by atoms with van der Waals surface area (Å²) in [5.74, 6) is -3.88. The highest BCUT2D eigenvalue weighted by atomic mass is 16.7. The number of carboxylic acids is 1. The molecule has 4 aromatic rings. The van der Waals surface area contributed by atoms with Crippen molar-refractivity contribution in [1.29, 1.82) is 0 Å². The van der Waals surface area contributed by atoms with E-state index < -0.39 is 70.6 Å². The fourth-order valence-electron chi connectivity index (χ4n) is 4.89. The Bertz CT molecular complexity index is 2060. The molecule has 2 fully saturated rings. The topological polar surface area (TPSA) is 225 Å². The molecular formula is C34H36N4O12. The highest BCUT2D eigenvalue weighted by Crippen LogP contribution is 2.30. The lowest BCUT2D eigenvalue weighted by molar-refractivity contribution is -0.141. The molecule has 0 aliphatic heterocycles. The highest BCUT2D eigenvalue weighted by molar-refractivity contribution is 6.04. The number of carbonyl (C=O) groups is 4. The second-order valence-electron chi connectivity index (χ2n) is 11.7. The molecule has 0 radical (unpaired) electrons. The van der Waals surface area contributed by atoms with Crippen molar-refractivity contribution in [1.82, 2.24) is 20.1 Å². The molecule has 2 aliphatic carbocycles. The monoisotopic (exact) mass is 692 g/mol. The first-order valence-corrected chi connectivity index (χ1v) is 16.0. The molecule has 2 saturated carbocycles. The molecule has 264 valence electrons. The number of carbonyl (C=O) groups excluding carboxylic acids is 3. The van der Waals surface area contributed by atoms with E-state index in [9.17, 15) is 39.0 Å². The first kappa shape index (κ1) is 35.3. The Morgan fingerprint density at radius 2 is 1.14 bits per heavy atom. The number of hydrogen-bond acceptors (Lipinski definition) is 11. The van der Waals surface area contributed by atoms with Crippen LogP contribution < -0.4 is 31.4 Å². The maximum atomic E-state index is 12.7. The standard InChI is InChI=1S/C18H20N2O6.C16H16N2O6/c1-2-25-14(21)9-19-17(23)15-16(22)12-5-3-4-6-13(12)20(18(15)24)26-10-11-7-8-11;19-12(20)7-17-15(22)13-14(21)10-3-1-2-4-11(10)18(16(13)23)24-8-9-5-6-9/h3-6,11,22H,2,7-10H2,1H3,(H,19,23);1-4,9,21H,5-8H2,(H,17,22)(H,19,20). The van der Waals surface area contributed by atoms with Gasteiger partial charge in [0, 0.05) is 10.8 Å². The van der Waals surface area contributed by atoms with Gasteiger partial charge >= 0.3 is 11.9 Å². The van der Waals surface area contributed by atoms with Crippen molar-refractivity contribution in [2.24, 2.45) is 11.8 Å². The van der Waals surface area contributed by atoms with Crippen molar-refractivity contribution in [2.75, 3.05) is 32.9 Å². The summed E-state index contributed by atoms with van der Waals surface area (Å²) in [5.41, 5.74) is -1.89. The Morgan fingerprint density at radius 3 is 1.54 bits per heavy atom. The van der Waals surface area contributed by atoms with E-state index in [1.54, 1.807) is 55.5 Å². The number of ether oxygens (including phenoxy) is 1. The number of amides is 2. The fraction of sp³-hybridized carbons (Fsp3) is 0.353. The maximum absolute atomic E-state index is 12.7. The van der Waals surface area contributed by atoms with Crippen LogP contribution in [-0.4, -0.2) is 81.4 Å². The Hall–Kier alpha value is -6.06. The van der Waals surface area contributed by atoms with Gasteiger partial charge in [-0.15, -0.1) is 9.46 Å². The van der Waals surface area contributed by atoms with E-state index in [4.69, 9.17) is 19.5 Å². The number of nitrogens with zero attached hydrogens (tertiary/aromatic N) is 2. The number of hydrogen-bond donors (Lipinski definition) is 5. The van der Waals surface area contributed by atoms with Crippen LogP contribution >= 0.6 is 0 Å². The lowest BCUT2D eigenvalue weighted by Crippen LogP contribution is -2.38. The molecule has 16 nitrogen and oxygen atoms in total. The van der Waals surface area contributed by atoms with E-state index in [1.807, 2.05) is 0 Å². The van der Waals surface area contributed by atoms with E-state index >= 15 is 0 Å². The van der Waals surface area contributed by atoms with Gasteiger partial charge in [-0.2, -0.15) is 0 Å². The van der Waals surface area contributed by atoms with Crippen molar-refractivity contribution in [3.05, 3.63) is 80.4 Å². The predicted octanol–water partition coefficient (Wildman–Crippen LogP) is 1.20. The van der Waals surface area contributed by atoms with Crippen LogP contribution in [0.3, 0.4) is 0 Å². The van der Waals surface area contributed by atoms with Crippen molar-refractivity contribution in [2.45, 2.75) is 32.6 Å². The maximum Gasteiger partial charge on any atom is 0.325 e. The first-order chi connectivity index (χ1) is 24.0. The third-order valence-corrected chi connectivity index (χ3v) is 7.85. The largest absolute Gasteiger partial charge is 0.506 e. The molecule has 2 amide bonds. The molecule has 6 rings (SSSR count). The van der Waals surface area contributed by atoms with Gasteiger partial charge in [0.05, 0.1) is 17.6 Å². The van der Waals surface area contributed by atoms with Crippen LogP contribution in [0.25, 0.3) is 21.8 Å². The number of rotatable bonds is 13. The number of carboxylic acid groups (broad SMARTS) is 1. The molecule has 16 heteroatoms. The van der Waals surface area contributed by atoms with Crippen molar-refractivity contribution >= 4 is 45.6 Å². The van der Waals surface area contributed by atoms with Crippen LogP contribution in [0.4, 0.5) is 0 Å². The summed E-state index contributed by atoms with van der Waals surface area (Å²) < 4.78 is 6.75. The van der Waals surface area contributed by atoms with Crippen LogP contribution in [0.2, 0.25) is 0 Å². The van der Waals surface area contributed by atoms with Gasteiger partial charge in [-0.1, -0.05) is 24.3 Å². The molecule has 0 spiro atoms. The summed E-state index contributed by atoms with van der Waals surface area (Å²) in [5, 5.41) is 34.3. The van der Waals surface area contributed by atoms with E-state index in [-0.39, 0.29) is 12.0 Å². The normalized spacial score (nSPS) is 13.5. The number of fused-ring (bicyclic) bond motifs is 2. The van der Waals surface area contributed by atoms with E-state index in [0.717, 1.165) is 35.1 Å². The zero-order chi connectivity index (χ0) is 35.9. The Kier molecular flexibility index (Phi) is 10.9. The molecular weight excluding hydrogens is 656 g/mol. The number of benzene rings is 2. The number of para-hydroxylation sites is 2. The van der Waals surface area contributed by atoms with Crippen LogP contribution in [0.15, 0.2) is 58.1 Å². The van der Waals surface area contributed by atoms with Crippen molar-refractivity contribution < 1.29 is 48.9 Å². The number of aliphatic carboxylic acids is 1. The van der Waals surface area contributed by atoms with Crippen LogP contribution in [0, 0.1) is 11.8 Å².